The van der Waals surface area contributed by atoms with Crippen LogP contribution in [0.1, 0.15) is 30.0 Å². The van der Waals surface area contributed by atoms with Crippen molar-refractivity contribution in [2.24, 2.45) is 0 Å². The lowest BCUT2D eigenvalue weighted by Crippen LogP contribution is -2.39. The third kappa shape index (κ3) is 2.83. The van der Waals surface area contributed by atoms with Crippen molar-refractivity contribution in [1.29, 1.82) is 0 Å². The Labute approximate surface area is 132 Å². The maximum absolute atomic E-state index is 12.9. The normalized spacial score (nSPS) is 17.7. The predicted molar refractivity (Wildman–Crippen MR) is 87.4 cm³/mol. The van der Waals surface area contributed by atoms with Gasteiger partial charge in [0.1, 0.15) is 0 Å². The van der Waals surface area contributed by atoms with Crippen LogP contribution in [0.15, 0.2) is 47.6 Å². The number of benzene rings is 1. The molecule has 0 aliphatic carbocycles. The van der Waals surface area contributed by atoms with Crippen LogP contribution in [-0.2, 0) is 10.0 Å². The van der Waals surface area contributed by atoms with Crippen LogP contribution < -0.4 is 0 Å². The molecule has 0 amide bonds. The molecule has 0 spiro atoms. The number of sulfonamides is 1. The molecule has 1 aromatic heterocycles. The summed E-state index contributed by atoms with van der Waals surface area (Å²) in [7, 11) is -3.38. The van der Waals surface area contributed by atoms with Gasteiger partial charge >= 0.3 is 0 Å². The lowest BCUT2D eigenvalue weighted by molar-refractivity contribution is 0.274. The number of aromatic nitrogens is 1. The molecule has 1 fully saturated rings. The summed E-state index contributed by atoms with van der Waals surface area (Å²) in [6, 6.07) is 10.0. The van der Waals surface area contributed by atoms with Crippen molar-refractivity contribution in [1.82, 2.24) is 8.87 Å². The van der Waals surface area contributed by atoms with Crippen LogP contribution in [0.3, 0.4) is 0 Å². The van der Waals surface area contributed by atoms with Crippen molar-refractivity contribution in [3.63, 3.8) is 0 Å². The zero-order valence-corrected chi connectivity index (χ0v) is 13.9. The van der Waals surface area contributed by atoms with Crippen LogP contribution >= 0.6 is 0 Å². The van der Waals surface area contributed by atoms with Crippen LogP contribution in [0.4, 0.5) is 0 Å². The highest BCUT2D eigenvalue weighted by Crippen LogP contribution is 2.28. The van der Waals surface area contributed by atoms with Crippen molar-refractivity contribution in [3.8, 4) is 0 Å². The fourth-order valence-electron chi connectivity index (χ4n) is 3.10. The number of aryl methyl sites for hydroxylation is 2. The minimum atomic E-state index is -3.38. The first-order valence-electron chi connectivity index (χ1n) is 7.68. The van der Waals surface area contributed by atoms with E-state index in [4.69, 9.17) is 0 Å². The summed E-state index contributed by atoms with van der Waals surface area (Å²) >= 11 is 0. The van der Waals surface area contributed by atoms with Gasteiger partial charge in [0.2, 0.25) is 10.0 Å². The molecule has 0 N–H and O–H groups in total. The van der Waals surface area contributed by atoms with Crippen molar-refractivity contribution in [2.45, 2.75) is 37.6 Å². The predicted octanol–water partition coefficient (Wildman–Crippen LogP) is 3.13. The number of hydrogen-bond acceptors (Lipinski definition) is 2. The van der Waals surface area contributed by atoms with Crippen LogP contribution in [0, 0.1) is 13.8 Å². The molecular formula is C17H22N2O2S. The Morgan fingerprint density at radius 1 is 1.05 bits per heavy atom. The molecule has 3 rings (SSSR count). The van der Waals surface area contributed by atoms with E-state index in [9.17, 15) is 8.42 Å². The van der Waals surface area contributed by atoms with Gasteiger partial charge in [0.05, 0.1) is 4.90 Å². The molecule has 4 nitrogen and oxygen atoms in total. The number of piperidine rings is 1. The highest BCUT2D eigenvalue weighted by atomic mass is 32.2. The molecule has 1 saturated heterocycles. The second kappa shape index (κ2) is 5.89. The standard InChI is InChI=1S/C17H22N2O2S/c1-14-5-6-15(2)17(13-14)22(20,21)19-11-7-16(8-12-19)18-9-3-4-10-18/h3-6,9-10,13,16H,7-8,11-12H2,1-2H3. The summed E-state index contributed by atoms with van der Waals surface area (Å²) < 4.78 is 29.6. The molecule has 5 heteroatoms. The van der Waals surface area contributed by atoms with Gasteiger partial charge in [-0.25, -0.2) is 8.42 Å². The Morgan fingerprint density at radius 2 is 1.68 bits per heavy atom. The third-order valence-corrected chi connectivity index (χ3v) is 6.47. The van der Waals surface area contributed by atoms with Crippen LogP contribution in [0.25, 0.3) is 0 Å². The van der Waals surface area contributed by atoms with E-state index in [1.807, 2.05) is 38.1 Å². The maximum atomic E-state index is 12.9. The Morgan fingerprint density at radius 3 is 2.32 bits per heavy atom. The van der Waals surface area contributed by atoms with Crippen molar-refractivity contribution < 1.29 is 8.42 Å². The highest BCUT2D eigenvalue weighted by molar-refractivity contribution is 7.89. The number of nitrogens with zero attached hydrogens (tertiary/aromatic N) is 2. The molecule has 0 saturated carbocycles. The average molecular weight is 318 g/mol. The largest absolute Gasteiger partial charge is 0.351 e. The molecule has 0 bridgehead atoms. The summed E-state index contributed by atoms with van der Waals surface area (Å²) in [5.41, 5.74) is 1.80. The molecule has 0 unspecified atom stereocenters. The van der Waals surface area contributed by atoms with Crippen molar-refractivity contribution >= 4 is 10.0 Å². The SMILES string of the molecule is Cc1ccc(C)c(S(=O)(=O)N2CCC(n3cccc3)CC2)c1. The quantitative estimate of drug-likeness (QED) is 0.872. The van der Waals surface area contributed by atoms with E-state index in [0.717, 1.165) is 24.0 Å². The average Bonchev–Trinajstić information content (AvgIpc) is 3.04. The van der Waals surface area contributed by atoms with Gasteiger partial charge in [-0.1, -0.05) is 12.1 Å². The van der Waals surface area contributed by atoms with Gasteiger partial charge < -0.3 is 4.57 Å². The highest BCUT2D eigenvalue weighted by Gasteiger charge is 2.30. The van der Waals surface area contributed by atoms with E-state index in [1.54, 1.807) is 10.4 Å². The number of hydrogen-bond donors (Lipinski definition) is 0. The summed E-state index contributed by atoms with van der Waals surface area (Å²) in [6.07, 6.45) is 5.83. The van der Waals surface area contributed by atoms with Gasteiger partial charge in [-0.15, -0.1) is 0 Å². The zero-order valence-electron chi connectivity index (χ0n) is 13.1. The van der Waals surface area contributed by atoms with E-state index in [1.165, 1.54) is 0 Å². The molecule has 0 atom stereocenters. The summed E-state index contributed by atoms with van der Waals surface area (Å²) in [5, 5.41) is 0. The molecule has 1 aromatic carbocycles. The molecule has 2 heterocycles. The van der Waals surface area contributed by atoms with Crippen molar-refractivity contribution in [2.75, 3.05) is 13.1 Å². The second-order valence-corrected chi connectivity index (χ2v) is 7.94. The Balaban J connectivity index is 1.79. The van der Waals surface area contributed by atoms with Gasteiger partial charge in [0, 0.05) is 31.5 Å². The minimum Gasteiger partial charge on any atom is -0.351 e. The minimum absolute atomic E-state index is 0.403. The summed E-state index contributed by atoms with van der Waals surface area (Å²) in [6.45, 7) is 4.95. The van der Waals surface area contributed by atoms with Crippen LogP contribution in [0.5, 0.6) is 0 Å². The van der Waals surface area contributed by atoms with E-state index in [2.05, 4.69) is 17.0 Å². The first-order valence-corrected chi connectivity index (χ1v) is 9.12. The van der Waals surface area contributed by atoms with Gasteiger partial charge in [-0.3, -0.25) is 0 Å². The third-order valence-electron chi connectivity index (χ3n) is 4.43. The van der Waals surface area contributed by atoms with E-state index in [-0.39, 0.29) is 0 Å². The first kappa shape index (κ1) is 15.3. The fourth-order valence-corrected chi connectivity index (χ4v) is 4.88. The molecule has 2 aromatic rings. The van der Waals surface area contributed by atoms with E-state index >= 15 is 0 Å². The van der Waals surface area contributed by atoms with Gasteiger partial charge in [0.25, 0.3) is 0 Å². The van der Waals surface area contributed by atoms with Gasteiger partial charge in [-0.2, -0.15) is 4.31 Å². The van der Waals surface area contributed by atoms with Gasteiger partial charge in [0.15, 0.2) is 0 Å². The topological polar surface area (TPSA) is 42.3 Å². The smallest absolute Gasteiger partial charge is 0.243 e. The maximum Gasteiger partial charge on any atom is 0.243 e. The second-order valence-electron chi connectivity index (χ2n) is 6.03. The van der Waals surface area contributed by atoms with Crippen molar-refractivity contribution in [3.05, 3.63) is 53.9 Å². The van der Waals surface area contributed by atoms with E-state index < -0.39 is 10.0 Å². The van der Waals surface area contributed by atoms with Gasteiger partial charge in [-0.05, 0) is 56.0 Å². The molecular weight excluding hydrogens is 296 g/mol. The molecule has 1 aliphatic rings. The Kier molecular flexibility index (Phi) is 4.10. The summed E-state index contributed by atoms with van der Waals surface area (Å²) in [4.78, 5) is 0.451. The molecule has 0 radical (unpaired) electrons. The Bertz CT molecular complexity index is 743. The lowest BCUT2D eigenvalue weighted by atomic mass is 10.1. The summed E-state index contributed by atoms with van der Waals surface area (Å²) in [5.74, 6) is 0. The monoisotopic (exact) mass is 318 g/mol. The zero-order chi connectivity index (χ0) is 15.7. The molecule has 1 aliphatic heterocycles. The number of rotatable bonds is 3. The lowest BCUT2D eigenvalue weighted by Gasteiger charge is -2.32. The Hall–Kier alpha value is -1.59. The van der Waals surface area contributed by atoms with E-state index in [0.29, 0.717) is 24.0 Å². The van der Waals surface area contributed by atoms with Crippen LogP contribution in [-0.4, -0.2) is 30.4 Å². The fraction of sp³-hybridized carbons (Fsp3) is 0.412. The first-order chi connectivity index (χ1) is 10.5. The van der Waals surface area contributed by atoms with Crippen LogP contribution in [0.2, 0.25) is 0 Å². The molecule has 118 valence electrons. The molecule has 22 heavy (non-hydrogen) atoms.